The number of carbonyl (C=O) groups excluding carboxylic acids is 1. The Balaban J connectivity index is 1.72. The van der Waals surface area contributed by atoms with E-state index in [9.17, 15) is 9.18 Å². The van der Waals surface area contributed by atoms with E-state index in [1.54, 1.807) is 30.2 Å². The third-order valence-electron chi connectivity index (χ3n) is 4.51. The molecule has 1 N–H and O–H groups in total. The van der Waals surface area contributed by atoms with Crippen LogP contribution in [0.1, 0.15) is 22.1 Å². The topological polar surface area (TPSA) is 72.3 Å². The predicted octanol–water partition coefficient (Wildman–Crippen LogP) is 2.62. The molecule has 1 atom stereocenters. The molecule has 4 rings (SSSR count). The van der Waals surface area contributed by atoms with Crippen molar-refractivity contribution < 1.29 is 13.9 Å². The molecule has 27 heavy (non-hydrogen) atoms. The van der Waals surface area contributed by atoms with Crippen molar-refractivity contribution in [2.45, 2.75) is 6.17 Å². The lowest BCUT2D eigenvalue weighted by Gasteiger charge is -2.38. The van der Waals surface area contributed by atoms with E-state index >= 15 is 0 Å². The lowest BCUT2D eigenvalue weighted by atomic mass is 10.0. The van der Waals surface area contributed by atoms with Crippen LogP contribution in [0.2, 0.25) is 0 Å². The number of carbonyl (C=O) groups is 1. The second kappa shape index (κ2) is 7.16. The maximum absolute atomic E-state index is 14.7. The molecule has 7 nitrogen and oxygen atoms in total. The van der Waals surface area contributed by atoms with E-state index in [0.29, 0.717) is 30.0 Å². The first-order valence-corrected chi connectivity index (χ1v) is 8.49. The number of rotatable bonds is 5. The molecule has 0 aliphatic carbocycles. The van der Waals surface area contributed by atoms with E-state index in [4.69, 9.17) is 4.74 Å². The molecular weight excluding hydrogens is 349 g/mol. The van der Waals surface area contributed by atoms with Gasteiger partial charge in [0.05, 0.1) is 12.2 Å². The molecule has 0 saturated heterocycles. The van der Waals surface area contributed by atoms with Crippen molar-refractivity contribution in [3.05, 3.63) is 72.1 Å². The van der Waals surface area contributed by atoms with Crippen molar-refractivity contribution in [3.8, 4) is 5.69 Å². The van der Waals surface area contributed by atoms with Crippen LogP contribution in [0.3, 0.4) is 0 Å². The summed E-state index contributed by atoms with van der Waals surface area (Å²) in [5, 5.41) is 7.29. The SMILES string of the molecule is COCCN1C(=O)c2ccccc2N[C@@H]1c1ccc(-n2cncn2)c(F)c1. The van der Waals surface area contributed by atoms with Gasteiger partial charge < -0.3 is 15.0 Å². The largest absolute Gasteiger partial charge is 0.383 e. The van der Waals surface area contributed by atoms with Crippen LogP contribution < -0.4 is 5.32 Å². The Hall–Kier alpha value is -3.26. The number of halogens is 1. The summed E-state index contributed by atoms with van der Waals surface area (Å²) in [4.78, 5) is 18.4. The number of ether oxygens (including phenoxy) is 1. The van der Waals surface area contributed by atoms with Crippen LogP contribution in [0.4, 0.5) is 10.1 Å². The number of para-hydroxylation sites is 1. The number of nitrogens with one attached hydrogen (secondary N) is 1. The third-order valence-corrected chi connectivity index (χ3v) is 4.51. The molecule has 0 bridgehead atoms. The van der Waals surface area contributed by atoms with Gasteiger partial charge in [-0.25, -0.2) is 14.1 Å². The third kappa shape index (κ3) is 3.15. The van der Waals surface area contributed by atoms with Crippen LogP contribution in [0, 0.1) is 5.82 Å². The van der Waals surface area contributed by atoms with E-state index in [1.165, 1.54) is 23.4 Å². The van der Waals surface area contributed by atoms with E-state index in [0.717, 1.165) is 5.69 Å². The summed E-state index contributed by atoms with van der Waals surface area (Å²) in [7, 11) is 1.58. The molecule has 0 unspecified atom stereocenters. The Morgan fingerprint density at radius 2 is 2.11 bits per heavy atom. The van der Waals surface area contributed by atoms with E-state index in [2.05, 4.69) is 15.4 Å². The molecular formula is C19H18FN5O2. The number of aromatic nitrogens is 3. The van der Waals surface area contributed by atoms with Crippen molar-refractivity contribution in [2.75, 3.05) is 25.6 Å². The summed E-state index contributed by atoms with van der Waals surface area (Å²) in [5.41, 5.74) is 2.24. The smallest absolute Gasteiger partial charge is 0.257 e. The van der Waals surface area contributed by atoms with E-state index in [-0.39, 0.29) is 5.91 Å². The summed E-state index contributed by atoms with van der Waals surface area (Å²) in [6, 6.07) is 12.1. The molecule has 1 amide bonds. The first-order valence-electron chi connectivity index (χ1n) is 8.49. The van der Waals surface area contributed by atoms with Gasteiger partial charge in [-0.15, -0.1) is 0 Å². The number of methoxy groups -OCH3 is 1. The van der Waals surface area contributed by atoms with Gasteiger partial charge in [0.15, 0.2) is 0 Å². The maximum atomic E-state index is 14.7. The molecule has 3 aromatic rings. The lowest BCUT2D eigenvalue weighted by molar-refractivity contribution is 0.0609. The summed E-state index contributed by atoms with van der Waals surface area (Å²) in [5.74, 6) is -0.565. The summed E-state index contributed by atoms with van der Waals surface area (Å²) in [6.07, 6.45) is 2.28. The lowest BCUT2D eigenvalue weighted by Crippen LogP contribution is -2.44. The first kappa shape index (κ1) is 17.2. The van der Waals surface area contributed by atoms with Crippen LogP contribution in [0.25, 0.3) is 5.69 Å². The standard InChI is InChI=1S/C19H18FN5O2/c1-27-9-8-24-18(23-16-5-3-2-4-14(16)19(24)26)13-6-7-17(15(20)10-13)25-12-21-11-22-25/h2-7,10-12,18,23H,8-9H2,1H3/t18-/m0/s1. The van der Waals surface area contributed by atoms with Crippen LogP contribution in [0.15, 0.2) is 55.1 Å². The summed E-state index contributed by atoms with van der Waals surface area (Å²) < 4.78 is 21.2. The van der Waals surface area contributed by atoms with Crippen LogP contribution >= 0.6 is 0 Å². The number of hydrogen-bond donors (Lipinski definition) is 1. The monoisotopic (exact) mass is 367 g/mol. The second-order valence-corrected chi connectivity index (χ2v) is 6.13. The highest BCUT2D eigenvalue weighted by Crippen LogP contribution is 2.33. The quantitative estimate of drug-likeness (QED) is 0.751. The highest BCUT2D eigenvalue weighted by Gasteiger charge is 2.32. The minimum atomic E-state index is -0.498. The molecule has 1 aliphatic heterocycles. The highest BCUT2D eigenvalue weighted by atomic mass is 19.1. The Kier molecular flexibility index (Phi) is 4.55. The molecule has 2 heterocycles. The van der Waals surface area contributed by atoms with Gasteiger partial charge in [0.2, 0.25) is 0 Å². The first-order chi connectivity index (χ1) is 13.2. The highest BCUT2D eigenvalue weighted by molar-refractivity contribution is 6.01. The van der Waals surface area contributed by atoms with Crippen LogP contribution in [-0.4, -0.2) is 45.8 Å². The van der Waals surface area contributed by atoms with Gasteiger partial charge in [-0.2, -0.15) is 5.10 Å². The van der Waals surface area contributed by atoms with E-state index in [1.807, 2.05) is 18.2 Å². The molecule has 8 heteroatoms. The van der Waals surface area contributed by atoms with Gasteiger partial charge in [-0.05, 0) is 29.8 Å². The van der Waals surface area contributed by atoms with Crippen molar-refractivity contribution in [3.63, 3.8) is 0 Å². The van der Waals surface area contributed by atoms with Gasteiger partial charge in [-0.3, -0.25) is 4.79 Å². The number of benzene rings is 2. The van der Waals surface area contributed by atoms with Gasteiger partial charge in [-0.1, -0.05) is 18.2 Å². The normalized spacial score (nSPS) is 16.1. The van der Waals surface area contributed by atoms with Crippen molar-refractivity contribution in [2.24, 2.45) is 0 Å². The zero-order chi connectivity index (χ0) is 18.8. The average molecular weight is 367 g/mol. The number of amides is 1. The summed E-state index contributed by atoms with van der Waals surface area (Å²) >= 11 is 0. The summed E-state index contributed by atoms with van der Waals surface area (Å²) in [6.45, 7) is 0.763. The molecule has 1 aliphatic rings. The van der Waals surface area contributed by atoms with Gasteiger partial charge in [0, 0.05) is 19.3 Å². The number of fused-ring (bicyclic) bond motifs is 1. The fraction of sp³-hybridized carbons (Fsp3) is 0.211. The van der Waals surface area contributed by atoms with Crippen LogP contribution in [0.5, 0.6) is 0 Å². The molecule has 138 valence electrons. The molecule has 0 saturated carbocycles. The van der Waals surface area contributed by atoms with Crippen LogP contribution in [-0.2, 0) is 4.74 Å². The van der Waals surface area contributed by atoms with Gasteiger partial charge in [0.1, 0.15) is 30.3 Å². The Bertz CT molecular complexity index is 960. The molecule has 2 aromatic carbocycles. The minimum absolute atomic E-state index is 0.118. The van der Waals surface area contributed by atoms with E-state index < -0.39 is 12.0 Å². The van der Waals surface area contributed by atoms with Gasteiger partial charge >= 0.3 is 0 Å². The number of hydrogen-bond acceptors (Lipinski definition) is 5. The molecule has 0 fully saturated rings. The Labute approximate surface area is 155 Å². The van der Waals surface area contributed by atoms with Crippen molar-refractivity contribution >= 4 is 11.6 Å². The Morgan fingerprint density at radius 1 is 1.26 bits per heavy atom. The minimum Gasteiger partial charge on any atom is -0.383 e. The number of anilines is 1. The molecule has 1 aromatic heterocycles. The molecule has 0 radical (unpaired) electrons. The van der Waals surface area contributed by atoms with Gasteiger partial charge in [0.25, 0.3) is 5.91 Å². The maximum Gasteiger partial charge on any atom is 0.257 e. The Morgan fingerprint density at radius 3 is 2.85 bits per heavy atom. The zero-order valence-electron chi connectivity index (χ0n) is 14.7. The average Bonchev–Trinajstić information content (AvgIpc) is 3.21. The fourth-order valence-corrected chi connectivity index (χ4v) is 3.19. The predicted molar refractivity (Wildman–Crippen MR) is 97.0 cm³/mol. The zero-order valence-corrected chi connectivity index (χ0v) is 14.7. The molecule has 0 spiro atoms. The number of nitrogens with zero attached hydrogens (tertiary/aromatic N) is 4. The second-order valence-electron chi connectivity index (χ2n) is 6.13. The fourth-order valence-electron chi connectivity index (χ4n) is 3.19. The van der Waals surface area contributed by atoms with Crippen molar-refractivity contribution in [1.82, 2.24) is 19.7 Å². The van der Waals surface area contributed by atoms with Crippen molar-refractivity contribution in [1.29, 1.82) is 0 Å².